The molecule has 1 aliphatic rings. The summed E-state index contributed by atoms with van der Waals surface area (Å²) in [5.74, 6) is -0.0303. The summed E-state index contributed by atoms with van der Waals surface area (Å²) in [5, 5.41) is 8.80. The highest BCUT2D eigenvalue weighted by atomic mass is 16.5. The summed E-state index contributed by atoms with van der Waals surface area (Å²) in [4.78, 5) is 13.9. The Balaban J connectivity index is 2.16. The average molecular weight is 230 g/mol. The van der Waals surface area contributed by atoms with Crippen molar-refractivity contribution in [2.45, 2.75) is 13.0 Å². The lowest BCUT2D eigenvalue weighted by molar-refractivity contribution is -0.0124. The van der Waals surface area contributed by atoms with Crippen LogP contribution < -0.4 is 0 Å². The van der Waals surface area contributed by atoms with Crippen LogP contribution in [0.1, 0.15) is 22.8 Å². The van der Waals surface area contributed by atoms with Crippen molar-refractivity contribution < 1.29 is 9.53 Å². The van der Waals surface area contributed by atoms with Crippen LogP contribution in [0.15, 0.2) is 24.3 Å². The fourth-order valence-corrected chi connectivity index (χ4v) is 1.91. The molecule has 0 N–H and O–H groups in total. The Morgan fingerprint density at radius 2 is 2.41 bits per heavy atom. The summed E-state index contributed by atoms with van der Waals surface area (Å²) in [6.45, 7) is 3.74. The van der Waals surface area contributed by atoms with E-state index in [0.29, 0.717) is 30.8 Å². The van der Waals surface area contributed by atoms with Crippen LogP contribution >= 0.6 is 0 Å². The van der Waals surface area contributed by atoms with Gasteiger partial charge in [0.15, 0.2) is 0 Å². The second kappa shape index (κ2) is 4.98. The van der Waals surface area contributed by atoms with Crippen LogP contribution in [0.5, 0.6) is 0 Å². The van der Waals surface area contributed by atoms with E-state index in [1.165, 1.54) is 0 Å². The van der Waals surface area contributed by atoms with Gasteiger partial charge in [0, 0.05) is 18.7 Å². The van der Waals surface area contributed by atoms with E-state index in [9.17, 15) is 4.79 Å². The molecule has 1 aromatic rings. The third-order valence-corrected chi connectivity index (χ3v) is 2.77. The number of amides is 1. The van der Waals surface area contributed by atoms with Gasteiger partial charge in [0.05, 0.1) is 24.3 Å². The molecule has 0 spiro atoms. The molecule has 2 rings (SSSR count). The fourth-order valence-electron chi connectivity index (χ4n) is 1.91. The molecule has 0 saturated carbocycles. The third kappa shape index (κ3) is 2.63. The van der Waals surface area contributed by atoms with Gasteiger partial charge in [-0.25, -0.2) is 0 Å². The number of morpholine rings is 1. The van der Waals surface area contributed by atoms with Gasteiger partial charge in [-0.2, -0.15) is 5.26 Å². The van der Waals surface area contributed by atoms with Gasteiger partial charge in [-0.1, -0.05) is 6.07 Å². The van der Waals surface area contributed by atoms with Crippen LogP contribution in [0.25, 0.3) is 0 Å². The molecule has 17 heavy (non-hydrogen) atoms. The topological polar surface area (TPSA) is 53.3 Å². The number of rotatable bonds is 1. The van der Waals surface area contributed by atoms with Crippen LogP contribution in [0, 0.1) is 11.3 Å². The molecule has 0 radical (unpaired) electrons. The number of carbonyl (C=O) groups is 1. The van der Waals surface area contributed by atoms with Crippen LogP contribution in [0.2, 0.25) is 0 Å². The maximum Gasteiger partial charge on any atom is 0.254 e. The zero-order chi connectivity index (χ0) is 12.3. The van der Waals surface area contributed by atoms with Crippen molar-refractivity contribution in [1.82, 2.24) is 4.90 Å². The normalized spacial score (nSPS) is 19.8. The second-order valence-electron chi connectivity index (χ2n) is 4.13. The predicted molar refractivity (Wildman–Crippen MR) is 62.5 cm³/mol. The number of nitrogens with zero attached hydrogens (tertiary/aromatic N) is 2. The maximum absolute atomic E-state index is 12.2. The Hall–Kier alpha value is -1.86. The van der Waals surface area contributed by atoms with Crippen molar-refractivity contribution in [2.24, 2.45) is 0 Å². The first-order valence-corrected chi connectivity index (χ1v) is 5.62. The van der Waals surface area contributed by atoms with Crippen LogP contribution in [-0.4, -0.2) is 36.6 Å². The number of hydrogen-bond donors (Lipinski definition) is 0. The summed E-state index contributed by atoms with van der Waals surface area (Å²) >= 11 is 0. The van der Waals surface area contributed by atoms with Gasteiger partial charge in [0.1, 0.15) is 0 Å². The summed E-state index contributed by atoms with van der Waals surface area (Å²) < 4.78 is 5.39. The van der Waals surface area contributed by atoms with Gasteiger partial charge < -0.3 is 9.64 Å². The Labute approximate surface area is 100 Å². The van der Waals surface area contributed by atoms with E-state index < -0.39 is 0 Å². The molecule has 1 atom stereocenters. The lowest BCUT2D eigenvalue weighted by Crippen LogP contribution is -2.44. The molecule has 1 amide bonds. The predicted octanol–water partition coefficient (Wildman–Crippen LogP) is 1.42. The minimum absolute atomic E-state index is 0.0303. The van der Waals surface area contributed by atoms with Crippen LogP contribution in [0.4, 0.5) is 0 Å². The highest BCUT2D eigenvalue weighted by Crippen LogP contribution is 2.11. The lowest BCUT2D eigenvalue weighted by atomic mass is 10.1. The van der Waals surface area contributed by atoms with Gasteiger partial charge in [-0.3, -0.25) is 4.79 Å². The zero-order valence-corrected chi connectivity index (χ0v) is 9.72. The Kier molecular flexibility index (Phi) is 3.40. The standard InChI is InChI=1S/C13H14N2O2/c1-10-9-15(5-6-17-10)13(16)12-4-2-3-11(7-12)8-14/h2-4,7,10H,5-6,9H2,1H3. The molecule has 1 fully saturated rings. The molecule has 4 nitrogen and oxygen atoms in total. The summed E-state index contributed by atoms with van der Waals surface area (Å²) in [7, 11) is 0. The van der Waals surface area contributed by atoms with E-state index in [4.69, 9.17) is 10.00 Å². The smallest absolute Gasteiger partial charge is 0.254 e. The largest absolute Gasteiger partial charge is 0.375 e. The van der Waals surface area contributed by atoms with Crippen molar-refractivity contribution in [3.05, 3.63) is 35.4 Å². The van der Waals surface area contributed by atoms with E-state index in [0.717, 1.165) is 0 Å². The van der Waals surface area contributed by atoms with Crippen molar-refractivity contribution in [2.75, 3.05) is 19.7 Å². The summed E-state index contributed by atoms with van der Waals surface area (Å²) in [6.07, 6.45) is 0.0758. The Bertz CT molecular complexity index is 465. The monoisotopic (exact) mass is 230 g/mol. The minimum Gasteiger partial charge on any atom is -0.375 e. The fraction of sp³-hybridized carbons (Fsp3) is 0.385. The zero-order valence-electron chi connectivity index (χ0n) is 9.72. The molecular weight excluding hydrogens is 216 g/mol. The third-order valence-electron chi connectivity index (χ3n) is 2.77. The first-order valence-electron chi connectivity index (χ1n) is 5.62. The van der Waals surface area contributed by atoms with Crippen molar-refractivity contribution in [1.29, 1.82) is 5.26 Å². The van der Waals surface area contributed by atoms with Gasteiger partial charge >= 0.3 is 0 Å². The average Bonchev–Trinajstić information content (AvgIpc) is 2.38. The maximum atomic E-state index is 12.2. The molecule has 4 heteroatoms. The van der Waals surface area contributed by atoms with E-state index in [-0.39, 0.29) is 12.0 Å². The Morgan fingerprint density at radius 3 is 3.12 bits per heavy atom. The van der Waals surface area contributed by atoms with Gasteiger partial charge in [-0.15, -0.1) is 0 Å². The molecular formula is C13H14N2O2. The van der Waals surface area contributed by atoms with Crippen LogP contribution in [0.3, 0.4) is 0 Å². The van der Waals surface area contributed by atoms with Crippen molar-refractivity contribution in [3.63, 3.8) is 0 Å². The van der Waals surface area contributed by atoms with E-state index >= 15 is 0 Å². The van der Waals surface area contributed by atoms with Gasteiger partial charge in [0.2, 0.25) is 0 Å². The first kappa shape index (κ1) is 11.6. The molecule has 88 valence electrons. The summed E-state index contributed by atoms with van der Waals surface area (Å²) in [5.41, 5.74) is 1.08. The molecule has 1 saturated heterocycles. The molecule has 0 aliphatic carbocycles. The highest BCUT2D eigenvalue weighted by Gasteiger charge is 2.22. The number of carbonyl (C=O) groups excluding carboxylic acids is 1. The number of benzene rings is 1. The molecule has 1 heterocycles. The van der Waals surface area contributed by atoms with Crippen molar-refractivity contribution >= 4 is 5.91 Å². The molecule has 1 unspecified atom stereocenters. The number of nitriles is 1. The second-order valence-corrected chi connectivity index (χ2v) is 4.13. The van der Waals surface area contributed by atoms with Crippen LogP contribution in [-0.2, 0) is 4.74 Å². The van der Waals surface area contributed by atoms with Gasteiger partial charge in [-0.05, 0) is 25.1 Å². The molecule has 0 aromatic heterocycles. The van der Waals surface area contributed by atoms with E-state index in [1.54, 1.807) is 29.2 Å². The first-order chi connectivity index (χ1) is 8.20. The highest BCUT2D eigenvalue weighted by molar-refractivity contribution is 5.94. The van der Waals surface area contributed by atoms with E-state index in [2.05, 4.69) is 0 Å². The molecule has 1 aromatic carbocycles. The molecule has 0 bridgehead atoms. The molecule has 1 aliphatic heterocycles. The minimum atomic E-state index is -0.0303. The quantitative estimate of drug-likeness (QED) is 0.733. The van der Waals surface area contributed by atoms with Gasteiger partial charge in [0.25, 0.3) is 5.91 Å². The Morgan fingerprint density at radius 1 is 1.59 bits per heavy atom. The SMILES string of the molecule is CC1CN(C(=O)c2cccc(C#N)c2)CCO1. The lowest BCUT2D eigenvalue weighted by Gasteiger charge is -2.31. The number of hydrogen-bond acceptors (Lipinski definition) is 3. The van der Waals surface area contributed by atoms with E-state index in [1.807, 2.05) is 13.0 Å². The van der Waals surface area contributed by atoms with Crippen molar-refractivity contribution in [3.8, 4) is 6.07 Å². The number of ether oxygens (including phenoxy) is 1. The summed E-state index contributed by atoms with van der Waals surface area (Å²) in [6, 6.07) is 8.83.